The van der Waals surface area contributed by atoms with Crippen LogP contribution in [0.2, 0.25) is 0 Å². The van der Waals surface area contributed by atoms with Gasteiger partial charge in [0.2, 0.25) is 0 Å². The average molecular weight is 256 g/mol. The molecule has 0 radical (unpaired) electrons. The average Bonchev–Trinajstić information content (AvgIpc) is 2.86. The Hall–Kier alpha value is -1.49. The minimum absolute atomic E-state index is 0. The molecular weight excluding hydrogens is 238 g/mol. The van der Waals surface area contributed by atoms with Crippen LogP contribution in [0.15, 0.2) is 24.7 Å². The molecule has 5 nitrogen and oxygen atoms in total. The largest absolute Gasteiger partial charge is 0.377 e. The lowest BCUT2D eigenvalue weighted by atomic mass is 10.4. The van der Waals surface area contributed by atoms with E-state index in [-0.39, 0.29) is 12.4 Å². The first-order valence-corrected chi connectivity index (χ1v) is 5.53. The number of rotatable bonds is 5. The fraction of sp³-hybridized carbons (Fsp3) is 0.455. The summed E-state index contributed by atoms with van der Waals surface area (Å²) < 4.78 is 3.81. The summed E-state index contributed by atoms with van der Waals surface area (Å²) in [6.07, 6.45) is 6.78. The maximum absolute atomic E-state index is 4.26. The van der Waals surface area contributed by atoms with E-state index in [4.69, 9.17) is 0 Å². The first kappa shape index (κ1) is 13.6. The van der Waals surface area contributed by atoms with Crippen molar-refractivity contribution in [3.05, 3.63) is 30.4 Å². The van der Waals surface area contributed by atoms with Crippen molar-refractivity contribution < 1.29 is 0 Å². The van der Waals surface area contributed by atoms with E-state index in [0.717, 1.165) is 30.9 Å². The van der Waals surface area contributed by atoms with Crippen LogP contribution in [0.5, 0.6) is 0 Å². The van der Waals surface area contributed by atoms with Gasteiger partial charge in [0.05, 0.1) is 24.1 Å². The van der Waals surface area contributed by atoms with Crippen LogP contribution in [-0.2, 0) is 20.1 Å². The van der Waals surface area contributed by atoms with Gasteiger partial charge in [-0.05, 0) is 12.5 Å². The number of halogens is 1. The van der Waals surface area contributed by atoms with E-state index in [0.29, 0.717) is 0 Å². The van der Waals surface area contributed by atoms with E-state index in [9.17, 15) is 0 Å². The summed E-state index contributed by atoms with van der Waals surface area (Å²) in [6, 6.07) is 2.00. The molecule has 0 amide bonds. The standard InChI is InChI=1S/C11H17N5.ClH/c1-3-6-16-9-10(7-14-16)12-8-11-4-5-13-15(11)2;/h4-5,7,9,12H,3,6,8H2,1-2H3;1H. The fourth-order valence-electron chi connectivity index (χ4n) is 1.57. The zero-order valence-electron chi connectivity index (χ0n) is 10.1. The summed E-state index contributed by atoms with van der Waals surface area (Å²) in [7, 11) is 1.94. The molecule has 0 atom stereocenters. The lowest BCUT2D eigenvalue weighted by Gasteiger charge is -2.03. The Labute approximate surface area is 107 Å². The molecule has 0 spiro atoms. The topological polar surface area (TPSA) is 47.7 Å². The highest BCUT2D eigenvalue weighted by Crippen LogP contribution is 2.07. The maximum atomic E-state index is 4.26. The maximum Gasteiger partial charge on any atom is 0.0729 e. The quantitative estimate of drug-likeness (QED) is 0.890. The zero-order chi connectivity index (χ0) is 11.4. The second-order valence-corrected chi connectivity index (χ2v) is 3.79. The Bertz CT molecular complexity index is 448. The highest BCUT2D eigenvalue weighted by atomic mass is 35.5. The molecule has 94 valence electrons. The Morgan fingerprint density at radius 1 is 1.35 bits per heavy atom. The highest BCUT2D eigenvalue weighted by molar-refractivity contribution is 5.85. The van der Waals surface area contributed by atoms with Gasteiger partial charge in [-0.3, -0.25) is 9.36 Å². The van der Waals surface area contributed by atoms with Gasteiger partial charge in [0, 0.05) is 26.0 Å². The summed E-state index contributed by atoms with van der Waals surface area (Å²) in [5, 5.41) is 11.7. The van der Waals surface area contributed by atoms with Crippen molar-refractivity contribution in [2.45, 2.75) is 26.4 Å². The molecule has 17 heavy (non-hydrogen) atoms. The molecule has 2 heterocycles. The second kappa shape index (κ2) is 6.30. The van der Waals surface area contributed by atoms with Crippen molar-refractivity contribution in [1.82, 2.24) is 19.6 Å². The van der Waals surface area contributed by atoms with Gasteiger partial charge in [-0.25, -0.2) is 0 Å². The molecule has 2 rings (SSSR count). The first-order valence-electron chi connectivity index (χ1n) is 5.53. The number of hydrogen-bond donors (Lipinski definition) is 1. The van der Waals surface area contributed by atoms with E-state index in [2.05, 4.69) is 22.4 Å². The summed E-state index contributed by atoms with van der Waals surface area (Å²) in [6.45, 7) is 3.88. The van der Waals surface area contributed by atoms with Crippen molar-refractivity contribution in [2.75, 3.05) is 5.32 Å². The molecular formula is C11H18ClN5. The minimum Gasteiger partial charge on any atom is -0.377 e. The van der Waals surface area contributed by atoms with E-state index in [1.807, 2.05) is 34.9 Å². The molecule has 0 aliphatic rings. The summed E-state index contributed by atoms with van der Waals surface area (Å²) >= 11 is 0. The number of nitrogens with zero attached hydrogens (tertiary/aromatic N) is 4. The highest BCUT2D eigenvalue weighted by Gasteiger charge is 2.00. The van der Waals surface area contributed by atoms with Crippen LogP contribution in [-0.4, -0.2) is 19.6 Å². The first-order chi connectivity index (χ1) is 7.79. The number of hydrogen-bond acceptors (Lipinski definition) is 3. The van der Waals surface area contributed by atoms with Crippen molar-refractivity contribution in [3.8, 4) is 0 Å². The van der Waals surface area contributed by atoms with Gasteiger partial charge in [-0.2, -0.15) is 10.2 Å². The van der Waals surface area contributed by atoms with Crippen LogP contribution in [0, 0.1) is 0 Å². The van der Waals surface area contributed by atoms with E-state index in [1.165, 1.54) is 0 Å². The van der Waals surface area contributed by atoms with E-state index >= 15 is 0 Å². The summed E-state index contributed by atoms with van der Waals surface area (Å²) in [4.78, 5) is 0. The summed E-state index contributed by atoms with van der Waals surface area (Å²) in [5.41, 5.74) is 2.21. The van der Waals surface area contributed by atoms with Crippen LogP contribution in [0.1, 0.15) is 19.0 Å². The molecule has 0 bridgehead atoms. The summed E-state index contributed by atoms with van der Waals surface area (Å²) in [5.74, 6) is 0. The van der Waals surface area contributed by atoms with Gasteiger partial charge in [-0.1, -0.05) is 6.92 Å². The van der Waals surface area contributed by atoms with Crippen LogP contribution >= 0.6 is 12.4 Å². The predicted molar refractivity (Wildman–Crippen MR) is 70.3 cm³/mol. The van der Waals surface area contributed by atoms with Crippen LogP contribution < -0.4 is 5.32 Å². The van der Waals surface area contributed by atoms with Crippen molar-refractivity contribution in [2.24, 2.45) is 7.05 Å². The minimum atomic E-state index is 0. The normalized spacial score (nSPS) is 10.0. The Balaban J connectivity index is 0.00000144. The van der Waals surface area contributed by atoms with E-state index in [1.54, 1.807) is 6.20 Å². The molecule has 0 aliphatic carbocycles. The van der Waals surface area contributed by atoms with Gasteiger partial charge in [0.1, 0.15) is 0 Å². The Morgan fingerprint density at radius 2 is 2.18 bits per heavy atom. The third-order valence-corrected chi connectivity index (χ3v) is 2.48. The zero-order valence-corrected chi connectivity index (χ0v) is 10.9. The molecule has 0 unspecified atom stereocenters. The number of aromatic nitrogens is 4. The molecule has 0 saturated heterocycles. The van der Waals surface area contributed by atoms with Crippen LogP contribution in [0.25, 0.3) is 0 Å². The number of anilines is 1. The van der Waals surface area contributed by atoms with Gasteiger partial charge in [0.15, 0.2) is 0 Å². The monoisotopic (exact) mass is 255 g/mol. The van der Waals surface area contributed by atoms with Gasteiger partial charge in [-0.15, -0.1) is 12.4 Å². The van der Waals surface area contributed by atoms with Crippen LogP contribution in [0.3, 0.4) is 0 Å². The van der Waals surface area contributed by atoms with Crippen molar-refractivity contribution >= 4 is 18.1 Å². The second-order valence-electron chi connectivity index (χ2n) is 3.79. The van der Waals surface area contributed by atoms with Gasteiger partial charge < -0.3 is 5.32 Å². The molecule has 0 aliphatic heterocycles. The van der Waals surface area contributed by atoms with Gasteiger partial charge >= 0.3 is 0 Å². The van der Waals surface area contributed by atoms with Crippen LogP contribution in [0.4, 0.5) is 5.69 Å². The number of nitrogens with one attached hydrogen (secondary N) is 1. The fourth-order valence-corrected chi connectivity index (χ4v) is 1.57. The predicted octanol–water partition coefficient (Wildman–Crippen LogP) is 2.06. The molecule has 1 N–H and O–H groups in total. The third kappa shape index (κ3) is 3.49. The SMILES string of the molecule is CCCn1cc(NCc2ccnn2C)cn1.Cl. The van der Waals surface area contributed by atoms with Gasteiger partial charge in [0.25, 0.3) is 0 Å². The van der Waals surface area contributed by atoms with Crippen molar-refractivity contribution in [3.63, 3.8) is 0 Å². The molecule has 0 fully saturated rings. The lowest BCUT2D eigenvalue weighted by molar-refractivity contribution is 0.603. The Kier molecular flexibility index (Phi) is 5.03. The molecule has 0 saturated carbocycles. The van der Waals surface area contributed by atoms with Crippen molar-refractivity contribution in [1.29, 1.82) is 0 Å². The number of aryl methyl sites for hydroxylation is 2. The molecule has 2 aromatic heterocycles. The third-order valence-electron chi connectivity index (χ3n) is 2.48. The lowest BCUT2D eigenvalue weighted by Crippen LogP contribution is -2.04. The molecule has 2 aromatic rings. The smallest absolute Gasteiger partial charge is 0.0729 e. The molecule has 6 heteroatoms. The molecule has 0 aromatic carbocycles. The van der Waals surface area contributed by atoms with E-state index < -0.39 is 0 Å². The Morgan fingerprint density at radius 3 is 2.82 bits per heavy atom.